The Kier molecular flexibility index (Phi) is 3.88. The highest BCUT2D eigenvalue weighted by molar-refractivity contribution is 5.67. The van der Waals surface area contributed by atoms with Crippen LogP contribution in [-0.4, -0.2) is 21.3 Å². The molecule has 1 aromatic heterocycles. The van der Waals surface area contributed by atoms with Crippen LogP contribution in [0.25, 0.3) is 11.5 Å². The van der Waals surface area contributed by atoms with Crippen molar-refractivity contribution in [2.45, 2.75) is 33.6 Å². The SMILES string of the molecule is Cc1cccc(-c2nnc(CC(C)(C)CC(=O)O)o2)c1. The fourth-order valence-electron chi connectivity index (χ4n) is 2.10. The molecule has 5 nitrogen and oxygen atoms in total. The van der Waals surface area contributed by atoms with Gasteiger partial charge in [-0.15, -0.1) is 10.2 Å². The van der Waals surface area contributed by atoms with Crippen molar-refractivity contribution in [1.29, 1.82) is 0 Å². The van der Waals surface area contributed by atoms with Gasteiger partial charge in [0.15, 0.2) is 0 Å². The lowest BCUT2D eigenvalue weighted by atomic mass is 9.86. The zero-order valence-electron chi connectivity index (χ0n) is 11.9. The number of nitrogens with zero attached hydrogens (tertiary/aromatic N) is 2. The number of aryl methyl sites for hydroxylation is 1. The maximum absolute atomic E-state index is 10.8. The Morgan fingerprint density at radius 3 is 2.75 bits per heavy atom. The van der Waals surface area contributed by atoms with Crippen molar-refractivity contribution in [3.8, 4) is 11.5 Å². The Hall–Kier alpha value is -2.17. The zero-order valence-corrected chi connectivity index (χ0v) is 11.9. The molecule has 2 aromatic rings. The summed E-state index contributed by atoms with van der Waals surface area (Å²) in [6.07, 6.45) is 0.507. The predicted octanol–water partition coefficient (Wildman–Crippen LogP) is 3.09. The highest BCUT2D eigenvalue weighted by Crippen LogP contribution is 2.27. The van der Waals surface area contributed by atoms with Crippen LogP contribution in [0.3, 0.4) is 0 Å². The monoisotopic (exact) mass is 274 g/mol. The van der Waals surface area contributed by atoms with Crippen LogP contribution < -0.4 is 0 Å². The minimum absolute atomic E-state index is 0.0646. The van der Waals surface area contributed by atoms with E-state index in [9.17, 15) is 4.79 Å². The molecule has 0 saturated carbocycles. The normalized spacial score (nSPS) is 11.6. The van der Waals surface area contributed by atoms with E-state index in [4.69, 9.17) is 9.52 Å². The molecule has 0 atom stereocenters. The Labute approximate surface area is 117 Å². The molecule has 0 bridgehead atoms. The van der Waals surface area contributed by atoms with Gasteiger partial charge in [-0.05, 0) is 24.5 Å². The first-order valence-electron chi connectivity index (χ1n) is 6.47. The largest absolute Gasteiger partial charge is 0.481 e. The minimum Gasteiger partial charge on any atom is -0.481 e. The number of carbonyl (C=O) groups is 1. The Balaban J connectivity index is 2.15. The number of hydrogen-bond acceptors (Lipinski definition) is 4. The number of rotatable bonds is 5. The van der Waals surface area contributed by atoms with Gasteiger partial charge in [0.1, 0.15) is 0 Å². The molecule has 0 fully saturated rings. The average molecular weight is 274 g/mol. The van der Waals surface area contributed by atoms with Crippen molar-refractivity contribution in [1.82, 2.24) is 10.2 Å². The molecule has 106 valence electrons. The molecule has 1 heterocycles. The first kappa shape index (κ1) is 14.2. The molecule has 0 spiro atoms. The van der Waals surface area contributed by atoms with Crippen LogP contribution in [0.15, 0.2) is 28.7 Å². The standard InChI is InChI=1S/C15H18N2O3/c1-10-5-4-6-11(7-10)14-17-16-12(20-14)8-15(2,3)9-13(18)19/h4-7H,8-9H2,1-3H3,(H,18,19). The van der Waals surface area contributed by atoms with E-state index in [1.165, 1.54) is 0 Å². The smallest absolute Gasteiger partial charge is 0.303 e. The number of aromatic nitrogens is 2. The summed E-state index contributed by atoms with van der Waals surface area (Å²) < 4.78 is 5.63. The van der Waals surface area contributed by atoms with Crippen LogP contribution in [-0.2, 0) is 11.2 Å². The molecule has 0 aliphatic heterocycles. The van der Waals surface area contributed by atoms with Crippen molar-refractivity contribution in [2.75, 3.05) is 0 Å². The van der Waals surface area contributed by atoms with Crippen LogP contribution in [0.1, 0.15) is 31.7 Å². The summed E-state index contributed by atoms with van der Waals surface area (Å²) in [4.78, 5) is 10.8. The summed E-state index contributed by atoms with van der Waals surface area (Å²) in [6, 6.07) is 7.81. The van der Waals surface area contributed by atoms with Crippen LogP contribution >= 0.6 is 0 Å². The Morgan fingerprint density at radius 1 is 1.35 bits per heavy atom. The van der Waals surface area contributed by atoms with E-state index in [1.807, 2.05) is 45.0 Å². The first-order chi connectivity index (χ1) is 9.35. The highest BCUT2D eigenvalue weighted by atomic mass is 16.4. The third kappa shape index (κ3) is 3.66. The molecule has 5 heteroatoms. The topological polar surface area (TPSA) is 76.2 Å². The maximum Gasteiger partial charge on any atom is 0.303 e. The van der Waals surface area contributed by atoms with Gasteiger partial charge in [0.2, 0.25) is 11.8 Å². The Bertz CT molecular complexity index is 617. The molecule has 0 saturated heterocycles. The van der Waals surface area contributed by atoms with Crippen LogP contribution in [0.2, 0.25) is 0 Å². The summed E-state index contributed by atoms with van der Waals surface area (Å²) in [5, 5.41) is 16.9. The fourth-order valence-corrected chi connectivity index (χ4v) is 2.10. The molecule has 0 aliphatic carbocycles. The number of hydrogen-bond donors (Lipinski definition) is 1. The molecule has 0 unspecified atom stereocenters. The quantitative estimate of drug-likeness (QED) is 0.906. The van der Waals surface area contributed by atoms with E-state index < -0.39 is 11.4 Å². The van der Waals surface area contributed by atoms with Gasteiger partial charge in [0.05, 0.1) is 6.42 Å². The van der Waals surface area contributed by atoms with Crippen molar-refractivity contribution in [2.24, 2.45) is 5.41 Å². The molecule has 0 amide bonds. The van der Waals surface area contributed by atoms with Gasteiger partial charge >= 0.3 is 5.97 Å². The molecule has 1 aromatic carbocycles. The lowest BCUT2D eigenvalue weighted by Crippen LogP contribution is -2.19. The predicted molar refractivity (Wildman–Crippen MR) is 74.2 cm³/mol. The molecule has 0 aliphatic rings. The lowest BCUT2D eigenvalue weighted by Gasteiger charge is -2.19. The molecular weight excluding hydrogens is 256 g/mol. The molecule has 1 N–H and O–H groups in total. The average Bonchev–Trinajstić information content (AvgIpc) is 2.74. The lowest BCUT2D eigenvalue weighted by molar-refractivity contribution is -0.139. The molecule has 2 rings (SSSR count). The fraction of sp³-hybridized carbons (Fsp3) is 0.400. The highest BCUT2D eigenvalue weighted by Gasteiger charge is 2.25. The van der Waals surface area contributed by atoms with Crippen molar-refractivity contribution in [3.63, 3.8) is 0 Å². The van der Waals surface area contributed by atoms with Crippen LogP contribution in [0, 0.1) is 12.3 Å². The summed E-state index contributed by atoms with van der Waals surface area (Å²) in [5.74, 6) is 0.107. The third-order valence-corrected chi connectivity index (χ3v) is 2.99. The van der Waals surface area contributed by atoms with E-state index in [0.717, 1.165) is 11.1 Å². The van der Waals surface area contributed by atoms with Gasteiger partial charge in [-0.2, -0.15) is 0 Å². The van der Waals surface area contributed by atoms with Crippen molar-refractivity contribution < 1.29 is 14.3 Å². The molecule has 20 heavy (non-hydrogen) atoms. The van der Waals surface area contributed by atoms with Gasteiger partial charge in [-0.25, -0.2) is 0 Å². The van der Waals surface area contributed by atoms with Gasteiger partial charge in [0.25, 0.3) is 0 Å². The van der Waals surface area contributed by atoms with Crippen molar-refractivity contribution in [3.05, 3.63) is 35.7 Å². The van der Waals surface area contributed by atoms with Gasteiger partial charge in [-0.1, -0.05) is 31.5 Å². The van der Waals surface area contributed by atoms with E-state index in [1.54, 1.807) is 0 Å². The minimum atomic E-state index is -0.826. The number of benzene rings is 1. The Morgan fingerprint density at radius 2 is 2.10 bits per heavy atom. The summed E-state index contributed by atoms with van der Waals surface area (Å²) in [7, 11) is 0. The second-order valence-corrected chi connectivity index (χ2v) is 5.78. The second kappa shape index (κ2) is 5.45. The van der Waals surface area contributed by atoms with Crippen LogP contribution in [0.4, 0.5) is 0 Å². The van der Waals surface area contributed by atoms with Gasteiger partial charge in [0, 0.05) is 12.0 Å². The van der Waals surface area contributed by atoms with E-state index in [-0.39, 0.29) is 6.42 Å². The van der Waals surface area contributed by atoms with E-state index in [0.29, 0.717) is 18.2 Å². The number of carboxylic acid groups (broad SMARTS) is 1. The third-order valence-electron chi connectivity index (χ3n) is 2.99. The molecule has 0 radical (unpaired) electrons. The van der Waals surface area contributed by atoms with Gasteiger partial charge < -0.3 is 9.52 Å². The van der Waals surface area contributed by atoms with E-state index in [2.05, 4.69) is 10.2 Å². The van der Waals surface area contributed by atoms with Crippen molar-refractivity contribution >= 4 is 5.97 Å². The number of aliphatic carboxylic acids is 1. The summed E-state index contributed by atoms with van der Waals surface area (Å²) >= 11 is 0. The number of carboxylic acids is 1. The maximum atomic E-state index is 10.8. The summed E-state index contributed by atoms with van der Waals surface area (Å²) in [5.41, 5.74) is 1.58. The first-order valence-corrected chi connectivity index (χ1v) is 6.47. The van der Waals surface area contributed by atoms with E-state index >= 15 is 0 Å². The molecular formula is C15H18N2O3. The zero-order chi connectivity index (χ0) is 14.8. The summed E-state index contributed by atoms with van der Waals surface area (Å²) in [6.45, 7) is 5.74. The van der Waals surface area contributed by atoms with Gasteiger partial charge in [-0.3, -0.25) is 4.79 Å². The second-order valence-electron chi connectivity index (χ2n) is 5.78. The van der Waals surface area contributed by atoms with Crippen LogP contribution in [0.5, 0.6) is 0 Å².